The molecule has 0 bridgehead atoms. The van der Waals surface area contributed by atoms with Crippen molar-refractivity contribution in [2.24, 2.45) is 0 Å². The number of hydrogen-bond acceptors (Lipinski definition) is 3. The third-order valence-corrected chi connectivity index (χ3v) is 2.21. The number of hydrogen-bond donors (Lipinski definition) is 1. The fourth-order valence-corrected chi connectivity index (χ4v) is 1.48. The molecule has 0 aliphatic rings. The summed E-state index contributed by atoms with van der Waals surface area (Å²) in [6, 6.07) is 1.51. The lowest BCUT2D eigenvalue weighted by molar-refractivity contribution is 0.112. The molecule has 0 aliphatic heterocycles. The molecule has 0 fully saturated rings. The Morgan fingerprint density at radius 1 is 1.44 bits per heavy atom. The number of aromatic nitrogens is 1. The van der Waals surface area contributed by atoms with E-state index in [-0.39, 0.29) is 11.9 Å². The van der Waals surface area contributed by atoms with E-state index in [0.717, 1.165) is 25.1 Å². The Hall–Kier alpha value is -1.00. The van der Waals surface area contributed by atoms with Crippen LogP contribution in [0.25, 0.3) is 0 Å². The van der Waals surface area contributed by atoms with E-state index in [4.69, 9.17) is 4.74 Å². The van der Waals surface area contributed by atoms with Gasteiger partial charge in [0.1, 0.15) is 5.82 Å². The largest absolute Gasteiger partial charge is 0.379 e. The van der Waals surface area contributed by atoms with Crippen LogP contribution >= 0.6 is 0 Å². The lowest BCUT2D eigenvalue weighted by atomic mass is 10.1. The number of ether oxygens (including phenoxy) is 1. The molecule has 1 atom stereocenters. The van der Waals surface area contributed by atoms with Crippen molar-refractivity contribution in [1.29, 1.82) is 0 Å². The summed E-state index contributed by atoms with van der Waals surface area (Å²) in [5.41, 5.74) is 0.831. The molecular weight excluding hydrogens is 207 g/mol. The Kier molecular flexibility index (Phi) is 5.96. The molecule has 1 unspecified atom stereocenters. The maximum atomic E-state index is 13.0. The highest BCUT2D eigenvalue weighted by Crippen LogP contribution is 2.13. The quantitative estimate of drug-likeness (QED) is 0.724. The average Bonchev–Trinajstić information content (AvgIpc) is 2.28. The van der Waals surface area contributed by atoms with Crippen molar-refractivity contribution in [2.75, 3.05) is 19.8 Å². The van der Waals surface area contributed by atoms with E-state index in [1.807, 2.05) is 6.92 Å². The van der Waals surface area contributed by atoms with Gasteiger partial charge in [0.15, 0.2) is 0 Å². The summed E-state index contributed by atoms with van der Waals surface area (Å²) in [4.78, 5) is 3.85. The van der Waals surface area contributed by atoms with E-state index in [2.05, 4.69) is 17.2 Å². The molecule has 0 amide bonds. The molecule has 90 valence electrons. The van der Waals surface area contributed by atoms with Crippen LogP contribution in [0.3, 0.4) is 0 Å². The van der Waals surface area contributed by atoms with Gasteiger partial charge in [-0.15, -0.1) is 0 Å². The lowest BCUT2D eigenvalue weighted by Crippen LogP contribution is -2.25. The van der Waals surface area contributed by atoms with Crippen molar-refractivity contribution in [2.45, 2.75) is 26.3 Å². The predicted molar refractivity (Wildman–Crippen MR) is 61.7 cm³/mol. The molecule has 3 nitrogen and oxygen atoms in total. The van der Waals surface area contributed by atoms with Gasteiger partial charge < -0.3 is 10.1 Å². The summed E-state index contributed by atoms with van der Waals surface area (Å²) >= 11 is 0. The highest BCUT2D eigenvalue weighted by molar-refractivity contribution is 5.15. The molecular formula is C12H19FN2O. The zero-order valence-corrected chi connectivity index (χ0v) is 9.87. The highest BCUT2D eigenvalue weighted by Gasteiger charge is 2.11. The van der Waals surface area contributed by atoms with Gasteiger partial charge in [-0.3, -0.25) is 4.98 Å². The molecule has 16 heavy (non-hydrogen) atoms. The summed E-state index contributed by atoms with van der Waals surface area (Å²) in [6.45, 7) is 6.17. The first-order chi connectivity index (χ1) is 7.77. The average molecular weight is 226 g/mol. The van der Waals surface area contributed by atoms with E-state index >= 15 is 0 Å². The van der Waals surface area contributed by atoms with E-state index in [9.17, 15) is 4.39 Å². The van der Waals surface area contributed by atoms with E-state index in [1.54, 1.807) is 6.20 Å². The fraction of sp³-hybridized carbons (Fsp3) is 0.583. The van der Waals surface area contributed by atoms with Crippen molar-refractivity contribution < 1.29 is 9.13 Å². The van der Waals surface area contributed by atoms with Gasteiger partial charge in [0.25, 0.3) is 0 Å². The Bertz CT molecular complexity index is 307. The molecule has 0 saturated carbocycles. The molecule has 1 heterocycles. The summed E-state index contributed by atoms with van der Waals surface area (Å²) in [5, 5.41) is 3.25. The van der Waals surface area contributed by atoms with Crippen LogP contribution in [0.15, 0.2) is 18.5 Å². The molecule has 0 radical (unpaired) electrons. The Morgan fingerprint density at radius 2 is 2.25 bits per heavy atom. The summed E-state index contributed by atoms with van der Waals surface area (Å²) in [6.07, 6.45) is 3.87. The number of rotatable bonds is 7. The topological polar surface area (TPSA) is 34.1 Å². The van der Waals surface area contributed by atoms with Gasteiger partial charge in [-0.1, -0.05) is 13.8 Å². The van der Waals surface area contributed by atoms with Crippen LogP contribution in [0, 0.1) is 5.82 Å². The van der Waals surface area contributed by atoms with Gasteiger partial charge in [0.2, 0.25) is 0 Å². The highest BCUT2D eigenvalue weighted by atomic mass is 19.1. The SMILES string of the molecule is CCCOCC(NCC)c1cncc(F)c1. The van der Waals surface area contributed by atoms with Crippen LogP contribution in [-0.4, -0.2) is 24.7 Å². The molecule has 4 heteroatoms. The minimum Gasteiger partial charge on any atom is -0.379 e. The third kappa shape index (κ3) is 4.24. The molecule has 0 spiro atoms. The number of halogens is 1. The fourth-order valence-electron chi connectivity index (χ4n) is 1.48. The summed E-state index contributed by atoms with van der Waals surface area (Å²) in [5.74, 6) is -0.309. The summed E-state index contributed by atoms with van der Waals surface area (Å²) < 4.78 is 18.5. The van der Waals surface area contributed by atoms with Gasteiger partial charge in [-0.2, -0.15) is 0 Å². The van der Waals surface area contributed by atoms with Crippen molar-refractivity contribution >= 4 is 0 Å². The standard InChI is InChI=1S/C12H19FN2O/c1-3-5-16-9-12(15-4-2)10-6-11(13)8-14-7-10/h6-8,12,15H,3-5,9H2,1-2H3. The second-order valence-electron chi connectivity index (χ2n) is 3.62. The van der Waals surface area contributed by atoms with E-state index in [0.29, 0.717) is 6.61 Å². The molecule has 1 aromatic heterocycles. The second-order valence-corrected chi connectivity index (χ2v) is 3.62. The minimum absolute atomic E-state index is 0.0137. The second kappa shape index (κ2) is 7.30. The number of nitrogens with one attached hydrogen (secondary N) is 1. The predicted octanol–water partition coefficient (Wildman–Crippen LogP) is 2.30. The maximum Gasteiger partial charge on any atom is 0.141 e. The smallest absolute Gasteiger partial charge is 0.141 e. The van der Waals surface area contributed by atoms with Crippen molar-refractivity contribution in [3.8, 4) is 0 Å². The van der Waals surface area contributed by atoms with Crippen LogP contribution < -0.4 is 5.32 Å². The van der Waals surface area contributed by atoms with Gasteiger partial charge >= 0.3 is 0 Å². The lowest BCUT2D eigenvalue weighted by Gasteiger charge is -2.17. The van der Waals surface area contributed by atoms with Crippen LogP contribution in [0.1, 0.15) is 31.9 Å². The van der Waals surface area contributed by atoms with Crippen LogP contribution in [-0.2, 0) is 4.74 Å². The van der Waals surface area contributed by atoms with Crippen molar-refractivity contribution in [3.63, 3.8) is 0 Å². The number of likely N-dealkylation sites (N-methyl/N-ethyl adjacent to an activating group) is 1. The van der Waals surface area contributed by atoms with Gasteiger partial charge in [0, 0.05) is 12.8 Å². The van der Waals surface area contributed by atoms with Crippen molar-refractivity contribution in [3.05, 3.63) is 29.8 Å². The molecule has 1 rings (SSSR count). The Balaban J connectivity index is 2.61. The molecule has 0 aliphatic carbocycles. The maximum absolute atomic E-state index is 13.0. The van der Waals surface area contributed by atoms with E-state index < -0.39 is 0 Å². The molecule has 1 N–H and O–H groups in total. The number of pyridine rings is 1. The van der Waals surface area contributed by atoms with Gasteiger partial charge in [-0.05, 0) is 24.6 Å². The monoisotopic (exact) mass is 226 g/mol. The minimum atomic E-state index is -0.309. The third-order valence-electron chi connectivity index (χ3n) is 2.21. The Labute approximate surface area is 96.0 Å². The first kappa shape index (κ1) is 13.1. The van der Waals surface area contributed by atoms with Crippen LogP contribution in [0.2, 0.25) is 0 Å². The van der Waals surface area contributed by atoms with Gasteiger partial charge in [-0.25, -0.2) is 4.39 Å². The van der Waals surface area contributed by atoms with Gasteiger partial charge in [0.05, 0.1) is 18.8 Å². The zero-order valence-electron chi connectivity index (χ0n) is 9.87. The number of nitrogens with zero attached hydrogens (tertiary/aromatic N) is 1. The van der Waals surface area contributed by atoms with Crippen LogP contribution in [0.5, 0.6) is 0 Å². The van der Waals surface area contributed by atoms with Crippen molar-refractivity contribution in [1.82, 2.24) is 10.3 Å². The summed E-state index contributed by atoms with van der Waals surface area (Å²) in [7, 11) is 0. The zero-order chi connectivity index (χ0) is 11.8. The molecule has 1 aromatic rings. The van der Waals surface area contributed by atoms with Crippen LogP contribution in [0.4, 0.5) is 4.39 Å². The normalized spacial score (nSPS) is 12.7. The first-order valence-electron chi connectivity index (χ1n) is 5.69. The molecule has 0 aromatic carbocycles. The first-order valence-corrected chi connectivity index (χ1v) is 5.69. The Morgan fingerprint density at radius 3 is 2.88 bits per heavy atom. The van der Waals surface area contributed by atoms with E-state index in [1.165, 1.54) is 12.3 Å². The molecule has 0 saturated heterocycles.